The SMILES string of the molecule is CSc1ccc(C(C)(C(=O)O)c2ccc(SC)cc2)cc1. The number of carboxylic acid groups (broad SMARTS) is 1. The van der Waals surface area contributed by atoms with Crippen molar-refractivity contribution in [3.8, 4) is 0 Å². The van der Waals surface area contributed by atoms with Gasteiger partial charge in [0.15, 0.2) is 0 Å². The van der Waals surface area contributed by atoms with Crippen LogP contribution in [-0.4, -0.2) is 23.6 Å². The average molecular weight is 318 g/mol. The Bertz CT molecular complexity index is 571. The van der Waals surface area contributed by atoms with E-state index in [0.29, 0.717) is 0 Å². The van der Waals surface area contributed by atoms with Gasteiger partial charge in [0.1, 0.15) is 5.41 Å². The minimum atomic E-state index is -1.03. The van der Waals surface area contributed by atoms with Gasteiger partial charge in [-0.15, -0.1) is 23.5 Å². The molecular weight excluding hydrogens is 300 g/mol. The highest BCUT2D eigenvalue weighted by Crippen LogP contribution is 2.34. The second-order valence-corrected chi connectivity index (χ2v) is 6.65. The molecule has 0 atom stereocenters. The van der Waals surface area contributed by atoms with E-state index in [9.17, 15) is 9.90 Å². The molecule has 0 fully saturated rings. The van der Waals surface area contributed by atoms with Crippen LogP contribution in [0.3, 0.4) is 0 Å². The number of carbonyl (C=O) groups is 1. The molecule has 0 radical (unpaired) electrons. The lowest BCUT2D eigenvalue weighted by atomic mass is 9.76. The third kappa shape index (κ3) is 3.11. The molecule has 0 aliphatic rings. The highest BCUT2D eigenvalue weighted by Gasteiger charge is 2.37. The van der Waals surface area contributed by atoms with Gasteiger partial charge in [0.05, 0.1) is 0 Å². The van der Waals surface area contributed by atoms with Gasteiger partial charge in [0.2, 0.25) is 0 Å². The molecule has 2 aromatic rings. The van der Waals surface area contributed by atoms with Gasteiger partial charge in [0, 0.05) is 9.79 Å². The molecule has 0 unspecified atom stereocenters. The van der Waals surface area contributed by atoms with Crippen molar-refractivity contribution < 1.29 is 9.90 Å². The molecule has 21 heavy (non-hydrogen) atoms. The summed E-state index contributed by atoms with van der Waals surface area (Å²) in [4.78, 5) is 14.2. The summed E-state index contributed by atoms with van der Waals surface area (Å²) in [5.41, 5.74) is 0.558. The first-order chi connectivity index (χ1) is 10.0. The van der Waals surface area contributed by atoms with Crippen molar-refractivity contribution in [2.45, 2.75) is 22.1 Å². The normalized spacial score (nSPS) is 11.4. The Hall–Kier alpha value is -1.39. The Morgan fingerprint density at radius 2 is 1.19 bits per heavy atom. The topological polar surface area (TPSA) is 37.3 Å². The standard InChI is InChI=1S/C17H18O2S2/c1-17(16(18)19,12-4-8-14(20-2)9-5-12)13-6-10-15(21-3)11-7-13/h4-11H,1-3H3,(H,18,19). The summed E-state index contributed by atoms with van der Waals surface area (Å²) in [7, 11) is 0. The second-order valence-electron chi connectivity index (χ2n) is 4.89. The van der Waals surface area contributed by atoms with Crippen LogP contribution in [0.15, 0.2) is 58.3 Å². The number of carboxylic acids is 1. The smallest absolute Gasteiger partial charge is 0.318 e. The second kappa shape index (κ2) is 6.58. The monoisotopic (exact) mass is 318 g/mol. The maximum absolute atomic E-state index is 11.9. The third-order valence-corrected chi connectivity index (χ3v) is 5.25. The molecular formula is C17H18O2S2. The van der Waals surface area contributed by atoms with E-state index in [0.717, 1.165) is 20.9 Å². The molecule has 0 aromatic heterocycles. The van der Waals surface area contributed by atoms with Crippen molar-refractivity contribution in [3.63, 3.8) is 0 Å². The summed E-state index contributed by atoms with van der Waals surface area (Å²) < 4.78 is 0. The lowest BCUT2D eigenvalue weighted by molar-refractivity contribution is -0.141. The van der Waals surface area contributed by atoms with Crippen molar-refractivity contribution in [2.75, 3.05) is 12.5 Å². The molecule has 0 bridgehead atoms. The van der Waals surface area contributed by atoms with Crippen LogP contribution in [0, 0.1) is 0 Å². The lowest BCUT2D eigenvalue weighted by Crippen LogP contribution is -2.33. The molecule has 0 saturated heterocycles. The Morgan fingerprint density at radius 1 is 0.857 bits per heavy atom. The Kier molecular flexibility index (Phi) is 5.01. The molecule has 2 nitrogen and oxygen atoms in total. The average Bonchev–Trinajstić information content (AvgIpc) is 2.54. The molecule has 2 rings (SSSR count). The van der Waals surface area contributed by atoms with Gasteiger partial charge in [-0.2, -0.15) is 0 Å². The van der Waals surface area contributed by atoms with E-state index in [1.165, 1.54) is 0 Å². The zero-order valence-corrected chi connectivity index (χ0v) is 13.9. The van der Waals surface area contributed by atoms with Crippen molar-refractivity contribution in [3.05, 3.63) is 59.7 Å². The third-order valence-electron chi connectivity index (χ3n) is 3.76. The van der Waals surface area contributed by atoms with Crippen LogP contribution in [0.1, 0.15) is 18.1 Å². The molecule has 4 heteroatoms. The number of hydrogen-bond acceptors (Lipinski definition) is 3. The Balaban J connectivity index is 2.50. The molecule has 0 amide bonds. The minimum Gasteiger partial charge on any atom is -0.480 e. The first kappa shape index (κ1) is 16.0. The molecule has 0 aliphatic heterocycles. The summed E-state index contributed by atoms with van der Waals surface area (Å²) in [5, 5.41) is 9.78. The van der Waals surface area contributed by atoms with Crippen LogP contribution in [0.25, 0.3) is 0 Å². The number of benzene rings is 2. The zero-order chi connectivity index (χ0) is 15.5. The molecule has 2 aromatic carbocycles. The fourth-order valence-electron chi connectivity index (χ4n) is 2.26. The lowest BCUT2D eigenvalue weighted by Gasteiger charge is -2.26. The Labute approximate surface area is 134 Å². The number of rotatable bonds is 5. The quantitative estimate of drug-likeness (QED) is 0.822. The van der Waals surface area contributed by atoms with Crippen LogP contribution >= 0.6 is 23.5 Å². The van der Waals surface area contributed by atoms with E-state index in [-0.39, 0.29) is 0 Å². The molecule has 1 N–H and O–H groups in total. The van der Waals surface area contributed by atoms with E-state index in [2.05, 4.69) is 0 Å². The van der Waals surface area contributed by atoms with E-state index in [4.69, 9.17) is 0 Å². The molecule has 0 heterocycles. The summed E-state index contributed by atoms with van der Waals surface area (Å²) in [6.45, 7) is 1.76. The first-order valence-corrected chi connectivity index (χ1v) is 8.99. The number of aliphatic carboxylic acids is 1. The molecule has 0 saturated carbocycles. The van der Waals surface area contributed by atoms with Crippen LogP contribution < -0.4 is 0 Å². The summed E-state index contributed by atoms with van der Waals surface area (Å²) in [6.07, 6.45) is 4.01. The predicted molar refractivity (Wildman–Crippen MR) is 90.5 cm³/mol. The zero-order valence-electron chi connectivity index (χ0n) is 12.3. The number of thioether (sulfide) groups is 2. The van der Waals surface area contributed by atoms with Gasteiger partial charge >= 0.3 is 5.97 Å². The highest BCUT2D eigenvalue weighted by atomic mass is 32.2. The van der Waals surface area contributed by atoms with Gasteiger partial charge in [-0.1, -0.05) is 24.3 Å². The molecule has 0 spiro atoms. The van der Waals surface area contributed by atoms with Gasteiger partial charge in [-0.3, -0.25) is 4.79 Å². The molecule has 0 aliphatic carbocycles. The van der Waals surface area contributed by atoms with Crippen LogP contribution in [-0.2, 0) is 10.2 Å². The van der Waals surface area contributed by atoms with Crippen LogP contribution in [0.5, 0.6) is 0 Å². The number of hydrogen-bond donors (Lipinski definition) is 1. The summed E-state index contributed by atoms with van der Waals surface area (Å²) >= 11 is 3.29. The van der Waals surface area contributed by atoms with E-state index in [1.54, 1.807) is 30.4 Å². The van der Waals surface area contributed by atoms with Crippen LogP contribution in [0.4, 0.5) is 0 Å². The maximum atomic E-state index is 11.9. The van der Waals surface area contributed by atoms with Crippen molar-refractivity contribution >= 4 is 29.5 Å². The fourth-order valence-corrected chi connectivity index (χ4v) is 3.08. The fraction of sp³-hybridized carbons (Fsp3) is 0.235. The van der Waals surface area contributed by atoms with Gasteiger partial charge in [-0.25, -0.2) is 0 Å². The van der Waals surface area contributed by atoms with Crippen LogP contribution in [0.2, 0.25) is 0 Å². The first-order valence-electron chi connectivity index (χ1n) is 6.55. The highest BCUT2D eigenvalue weighted by molar-refractivity contribution is 7.98. The van der Waals surface area contributed by atoms with Crippen molar-refractivity contribution in [1.82, 2.24) is 0 Å². The van der Waals surface area contributed by atoms with E-state index < -0.39 is 11.4 Å². The van der Waals surface area contributed by atoms with E-state index in [1.807, 2.05) is 61.0 Å². The minimum absolute atomic E-state index is 0.796. The van der Waals surface area contributed by atoms with E-state index >= 15 is 0 Å². The van der Waals surface area contributed by atoms with Crippen molar-refractivity contribution in [2.24, 2.45) is 0 Å². The van der Waals surface area contributed by atoms with Crippen molar-refractivity contribution in [1.29, 1.82) is 0 Å². The summed E-state index contributed by atoms with van der Waals surface area (Å²) in [6, 6.07) is 15.5. The molecule has 110 valence electrons. The largest absolute Gasteiger partial charge is 0.480 e. The predicted octanol–water partition coefficient (Wildman–Crippen LogP) is 4.52. The maximum Gasteiger partial charge on any atom is 0.318 e. The summed E-state index contributed by atoms with van der Waals surface area (Å²) in [5.74, 6) is -0.837. The van der Waals surface area contributed by atoms with Gasteiger partial charge < -0.3 is 5.11 Å². The van der Waals surface area contributed by atoms with Gasteiger partial charge in [0.25, 0.3) is 0 Å². The Morgan fingerprint density at radius 3 is 1.43 bits per heavy atom. The van der Waals surface area contributed by atoms with Gasteiger partial charge in [-0.05, 0) is 54.8 Å².